The lowest BCUT2D eigenvalue weighted by molar-refractivity contribution is -0.133. The molecule has 140 valence electrons. The Morgan fingerprint density at radius 2 is 1.67 bits per heavy atom. The molecule has 2 aromatic rings. The molecule has 3 amide bonds. The van der Waals surface area contributed by atoms with Crippen molar-refractivity contribution in [2.45, 2.75) is 31.7 Å². The fourth-order valence-corrected chi connectivity index (χ4v) is 2.94. The number of rotatable bonds is 6. The Morgan fingerprint density at radius 1 is 1.04 bits per heavy atom. The summed E-state index contributed by atoms with van der Waals surface area (Å²) in [5.41, 5.74) is 0.898. The number of nitrogens with one attached hydrogen (secondary N) is 2. The molecular weight excluding hydrogens is 368 g/mol. The Balaban J connectivity index is 1.52. The molecule has 1 heterocycles. The van der Waals surface area contributed by atoms with E-state index in [1.807, 2.05) is 12.1 Å². The molecule has 1 saturated heterocycles. The zero-order chi connectivity index (χ0) is 19.4. The topological polar surface area (TPSA) is 84.5 Å². The predicted octanol–water partition coefficient (Wildman–Crippen LogP) is 3.02. The molecule has 27 heavy (non-hydrogen) atoms. The Kier molecular flexibility index (Phi) is 5.46. The van der Waals surface area contributed by atoms with Crippen LogP contribution in [0, 0.1) is 0 Å². The molecule has 6 nitrogen and oxygen atoms in total. The van der Waals surface area contributed by atoms with E-state index in [9.17, 15) is 14.4 Å². The molecule has 1 atom stereocenters. The van der Waals surface area contributed by atoms with Crippen LogP contribution in [0.1, 0.15) is 24.5 Å². The van der Waals surface area contributed by atoms with Gasteiger partial charge in [0.15, 0.2) is 0 Å². The SMILES string of the molecule is C[C@@]1(CCc2ccc(OC(=O)Cc3ccc(Cl)cc3)cc2)NC(=O)NC1=O. The van der Waals surface area contributed by atoms with Crippen LogP contribution in [0.2, 0.25) is 5.02 Å². The molecule has 1 aliphatic heterocycles. The van der Waals surface area contributed by atoms with Gasteiger partial charge in [0.2, 0.25) is 0 Å². The van der Waals surface area contributed by atoms with Gasteiger partial charge in [-0.1, -0.05) is 35.9 Å². The van der Waals surface area contributed by atoms with E-state index in [1.54, 1.807) is 43.3 Å². The van der Waals surface area contributed by atoms with Crippen LogP contribution in [0.4, 0.5) is 4.79 Å². The van der Waals surface area contributed by atoms with Crippen LogP contribution in [-0.4, -0.2) is 23.4 Å². The molecule has 0 aromatic heterocycles. The summed E-state index contributed by atoms with van der Waals surface area (Å²) < 4.78 is 5.34. The number of carbonyl (C=O) groups excluding carboxylic acids is 3. The van der Waals surface area contributed by atoms with Gasteiger partial charge in [0, 0.05) is 5.02 Å². The van der Waals surface area contributed by atoms with Crippen LogP contribution in [0.3, 0.4) is 0 Å². The largest absolute Gasteiger partial charge is 0.426 e. The number of benzene rings is 2. The van der Waals surface area contributed by atoms with Crippen molar-refractivity contribution in [2.75, 3.05) is 0 Å². The van der Waals surface area contributed by atoms with Crippen molar-refractivity contribution in [1.82, 2.24) is 10.6 Å². The second-order valence-corrected chi connectivity index (χ2v) is 7.10. The Bertz CT molecular complexity index is 865. The highest BCUT2D eigenvalue weighted by Gasteiger charge is 2.41. The van der Waals surface area contributed by atoms with Crippen molar-refractivity contribution in [3.05, 3.63) is 64.7 Å². The van der Waals surface area contributed by atoms with Crippen LogP contribution in [0.15, 0.2) is 48.5 Å². The van der Waals surface area contributed by atoms with Gasteiger partial charge in [0.1, 0.15) is 11.3 Å². The monoisotopic (exact) mass is 386 g/mol. The number of imide groups is 1. The maximum absolute atomic E-state index is 12.0. The summed E-state index contributed by atoms with van der Waals surface area (Å²) in [6.45, 7) is 1.69. The summed E-state index contributed by atoms with van der Waals surface area (Å²) in [5.74, 6) is -0.223. The standard InChI is InChI=1S/C20H19ClN2O4/c1-20(18(25)22-19(26)23-20)11-10-13-4-8-16(9-5-13)27-17(24)12-14-2-6-15(21)7-3-14/h2-9H,10-12H2,1H3,(H2,22,23,25,26)/t20-/m0/s1. The zero-order valence-corrected chi connectivity index (χ0v) is 15.5. The average Bonchev–Trinajstić information content (AvgIpc) is 2.88. The molecule has 0 saturated carbocycles. The average molecular weight is 387 g/mol. The first kappa shape index (κ1) is 18.9. The molecule has 1 aliphatic rings. The first-order valence-corrected chi connectivity index (χ1v) is 8.89. The van der Waals surface area contributed by atoms with Crippen molar-refractivity contribution in [2.24, 2.45) is 0 Å². The normalized spacial score (nSPS) is 18.7. The van der Waals surface area contributed by atoms with Crippen molar-refractivity contribution in [3.63, 3.8) is 0 Å². The van der Waals surface area contributed by atoms with Crippen molar-refractivity contribution >= 4 is 29.5 Å². The van der Waals surface area contributed by atoms with Crippen LogP contribution in [0.25, 0.3) is 0 Å². The molecular formula is C20H19ClN2O4. The fourth-order valence-electron chi connectivity index (χ4n) is 2.81. The molecule has 2 aromatic carbocycles. The van der Waals surface area contributed by atoms with E-state index in [0.29, 0.717) is 23.6 Å². The van der Waals surface area contributed by atoms with Crippen LogP contribution >= 0.6 is 11.6 Å². The molecule has 3 rings (SSSR count). The first-order valence-electron chi connectivity index (χ1n) is 8.52. The van der Waals surface area contributed by atoms with E-state index < -0.39 is 11.6 Å². The Labute approximate surface area is 161 Å². The maximum Gasteiger partial charge on any atom is 0.322 e. The van der Waals surface area contributed by atoms with Crippen LogP contribution in [0.5, 0.6) is 5.75 Å². The number of aryl methyl sites for hydroxylation is 1. The summed E-state index contributed by atoms with van der Waals surface area (Å²) in [7, 11) is 0. The minimum absolute atomic E-state index is 0.159. The smallest absolute Gasteiger partial charge is 0.322 e. The maximum atomic E-state index is 12.0. The number of hydrogen-bond acceptors (Lipinski definition) is 4. The number of urea groups is 1. The van der Waals surface area contributed by atoms with E-state index in [-0.39, 0.29) is 18.3 Å². The molecule has 7 heteroatoms. The molecule has 0 spiro atoms. The summed E-state index contributed by atoms with van der Waals surface area (Å²) in [6, 6.07) is 13.7. The Morgan fingerprint density at radius 3 is 2.26 bits per heavy atom. The van der Waals surface area contributed by atoms with Gasteiger partial charge in [0.05, 0.1) is 6.42 Å². The quantitative estimate of drug-likeness (QED) is 0.454. The van der Waals surface area contributed by atoms with Crippen molar-refractivity contribution in [3.8, 4) is 5.75 Å². The van der Waals surface area contributed by atoms with Gasteiger partial charge < -0.3 is 10.1 Å². The van der Waals surface area contributed by atoms with Gasteiger partial charge in [-0.05, 0) is 55.2 Å². The molecule has 0 radical (unpaired) electrons. The van der Waals surface area contributed by atoms with E-state index in [2.05, 4.69) is 10.6 Å². The lowest BCUT2D eigenvalue weighted by atomic mass is 9.93. The van der Waals surface area contributed by atoms with Gasteiger partial charge in [-0.3, -0.25) is 14.9 Å². The summed E-state index contributed by atoms with van der Waals surface area (Å²) >= 11 is 5.82. The van der Waals surface area contributed by atoms with Gasteiger partial charge in [-0.15, -0.1) is 0 Å². The third kappa shape index (κ3) is 4.86. The number of hydrogen-bond donors (Lipinski definition) is 2. The third-order valence-corrected chi connectivity index (χ3v) is 4.70. The Hall–Kier alpha value is -2.86. The molecule has 0 aliphatic carbocycles. The van der Waals surface area contributed by atoms with E-state index in [0.717, 1.165) is 11.1 Å². The van der Waals surface area contributed by atoms with E-state index in [1.165, 1.54) is 0 Å². The van der Waals surface area contributed by atoms with Gasteiger partial charge in [-0.2, -0.15) is 0 Å². The highest BCUT2D eigenvalue weighted by atomic mass is 35.5. The number of esters is 1. The lowest BCUT2D eigenvalue weighted by Crippen LogP contribution is -2.43. The van der Waals surface area contributed by atoms with E-state index >= 15 is 0 Å². The van der Waals surface area contributed by atoms with Crippen LogP contribution < -0.4 is 15.4 Å². The molecule has 0 unspecified atom stereocenters. The zero-order valence-electron chi connectivity index (χ0n) is 14.8. The molecule has 0 bridgehead atoms. The van der Waals surface area contributed by atoms with Crippen molar-refractivity contribution in [1.29, 1.82) is 0 Å². The number of ether oxygens (including phenoxy) is 1. The minimum atomic E-state index is -0.902. The minimum Gasteiger partial charge on any atom is -0.426 e. The predicted molar refractivity (Wildman–Crippen MR) is 101 cm³/mol. The molecule has 2 N–H and O–H groups in total. The number of amides is 3. The molecule has 1 fully saturated rings. The number of carbonyl (C=O) groups is 3. The second kappa shape index (κ2) is 7.80. The fraction of sp³-hybridized carbons (Fsp3) is 0.250. The second-order valence-electron chi connectivity index (χ2n) is 6.66. The number of halogens is 1. The summed E-state index contributed by atoms with van der Waals surface area (Å²) in [4.78, 5) is 35.1. The van der Waals surface area contributed by atoms with Gasteiger partial charge >= 0.3 is 12.0 Å². The van der Waals surface area contributed by atoms with Crippen molar-refractivity contribution < 1.29 is 19.1 Å². The van der Waals surface area contributed by atoms with E-state index in [4.69, 9.17) is 16.3 Å². The van der Waals surface area contributed by atoms with Gasteiger partial charge in [-0.25, -0.2) is 4.79 Å². The van der Waals surface area contributed by atoms with Gasteiger partial charge in [0.25, 0.3) is 5.91 Å². The lowest BCUT2D eigenvalue weighted by Gasteiger charge is -2.20. The highest BCUT2D eigenvalue weighted by Crippen LogP contribution is 2.20. The third-order valence-electron chi connectivity index (χ3n) is 4.45. The van der Waals surface area contributed by atoms with Crippen LogP contribution in [-0.2, 0) is 22.4 Å². The first-order chi connectivity index (χ1) is 12.8. The summed E-state index contributed by atoms with van der Waals surface area (Å²) in [6.07, 6.45) is 1.23. The highest BCUT2D eigenvalue weighted by molar-refractivity contribution is 6.30. The summed E-state index contributed by atoms with van der Waals surface area (Å²) in [5, 5.41) is 5.50.